The van der Waals surface area contributed by atoms with Crippen molar-refractivity contribution in [3.05, 3.63) is 52.4 Å². The molecule has 0 unspecified atom stereocenters. The Labute approximate surface area is 123 Å². The number of hydrogen-bond donors (Lipinski definition) is 1. The highest BCUT2D eigenvalue weighted by atomic mass is 16.7. The summed E-state index contributed by atoms with van der Waals surface area (Å²) in [6.45, 7) is 3.67. The first-order valence-electron chi connectivity index (χ1n) is 7.10. The van der Waals surface area contributed by atoms with Crippen molar-refractivity contribution >= 4 is 5.69 Å². The number of benzene rings is 1. The van der Waals surface area contributed by atoms with Gasteiger partial charge < -0.3 is 19.4 Å². The quantitative estimate of drug-likeness (QED) is 0.918. The highest BCUT2D eigenvalue weighted by molar-refractivity contribution is 5.50. The Bertz CT molecular complexity index is 694. The highest BCUT2D eigenvalue weighted by Gasteiger charge is 2.16. The predicted molar refractivity (Wildman–Crippen MR) is 80.9 cm³/mol. The molecule has 110 valence electrons. The fourth-order valence-electron chi connectivity index (χ4n) is 2.38. The zero-order valence-corrected chi connectivity index (χ0v) is 12.0. The van der Waals surface area contributed by atoms with Gasteiger partial charge in [0.2, 0.25) is 6.79 Å². The van der Waals surface area contributed by atoms with Gasteiger partial charge in [-0.3, -0.25) is 4.79 Å². The number of para-hydroxylation sites is 1. The van der Waals surface area contributed by atoms with Crippen LogP contribution < -0.4 is 20.3 Å². The Morgan fingerprint density at radius 1 is 1.24 bits per heavy atom. The molecule has 0 atom stereocenters. The molecule has 1 aliphatic rings. The monoisotopic (exact) mass is 286 g/mol. The Morgan fingerprint density at radius 2 is 2.14 bits per heavy atom. The third-order valence-electron chi connectivity index (χ3n) is 3.41. The minimum Gasteiger partial charge on any atom is -0.454 e. The average molecular weight is 286 g/mol. The first-order valence-corrected chi connectivity index (χ1v) is 7.10. The van der Waals surface area contributed by atoms with E-state index >= 15 is 0 Å². The van der Waals surface area contributed by atoms with Crippen molar-refractivity contribution in [2.45, 2.75) is 26.4 Å². The summed E-state index contributed by atoms with van der Waals surface area (Å²) in [4.78, 5) is 11.7. The van der Waals surface area contributed by atoms with Crippen LogP contribution in [-0.4, -0.2) is 11.4 Å². The van der Waals surface area contributed by atoms with Gasteiger partial charge in [0.25, 0.3) is 5.56 Å². The van der Waals surface area contributed by atoms with E-state index in [1.54, 1.807) is 16.7 Å². The van der Waals surface area contributed by atoms with Gasteiger partial charge in [0.1, 0.15) is 0 Å². The molecule has 21 heavy (non-hydrogen) atoms. The molecule has 3 rings (SSSR count). The number of fused-ring (bicyclic) bond motifs is 1. The number of ether oxygens (including phenoxy) is 2. The van der Waals surface area contributed by atoms with Gasteiger partial charge in [0.05, 0.1) is 5.69 Å². The predicted octanol–water partition coefficient (Wildman–Crippen LogP) is 2.60. The molecule has 0 saturated heterocycles. The summed E-state index contributed by atoms with van der Waals surface area (Å²) in [5, 5.41) is 3.32. The molecular weight excluding hydrogens is 268 g/mol. The van der Waals surface area contributed by atoms with Gasteiger partial charge in [-0.25, -0.2) is 0 Å². The largest absolute Gasteiger partial charge is 0.454 e. The van der Waals surface area contributed by atoms with E-state index in [2.05, 4.69) is 12.2 Å². The van der Waals surface area contributed by atoms with Crippen LogP contribution in [0, 0.1) is 0 Å². The third-order valence-corrected chi connectivity index (χ3v) is 3.41. The van der Waals surface area contributed by atoms with Crippen molar-refractivity contribution in [3.63, 3.8) is 0 Å². The van der Waals surface area contributed by atoms with Crippen LogP contribution in [0.2, 0.25) is 0 Å². The van der Waals surface area contributed by atoms with Crippen molar-refractivity contribution in [2.75, 3.05) is 12.1 Å². The van der Waals surface area contributed by atoms with Crippen LogP contribution in [0.3, 0.4) is 0 Å². The minimum atomic E-state index is 0.0275. The van der Waals surface area contributed by atoms with E-state index in [9.17, 15) is 4.79 Å². The fraction of sp³-hybridized carbons (Fsp3) is 0.312. The van der Waals surface area contributed by atoms with Gasteiger partial charge in [-0.05, 0) is 18.6 Å². The van der Waals surface area contributed by atoms with E-state index in [0.29, 0.717) is 6.54 Å². The maximum Gasteiger partial charge on any atom is 0.250 e. The van der Waals surface area contributed by atoms with Gasteiger partial charge in [0.15, 0.2) is 11.5 Å². The van der Waals surface area contributed by atoms with Crippen LogP contribution in [0.1, 0.15) is 18.9 Å². The van der Waals surface area contributed by atoms with Gasteiger partial charge in [-0.2, -0.15) is 0 Å². The maximum absolute atomic E-state index is 11.7. The summed E-state index contributed by atoms with van der Waals surface area (Å²) in [5.74, 6) is 1.58. The number of nitrogens with zero attached hydrogens (tertiary/aromatic N) is 1. The van der Waals surface area contributed by atoms with Gasteiger partial charge in [0, 0.05) is 30.9 Å². The lowest BCUT2D eigenvalue weighted by atomic mass is 10.2. The average Bonchev–Trinajstić information content (AvgIpc) is 2.97. The molecule has 5 nitrogen and oxygen atoms in total. The molecule has 0 aliphatic carbocycles. The van der Waals surface area contributed by atoms with Crippen LogP contribution in [0.25, 0.3) is 0 Å². The summed E-state index contributed by atoms with van der Waals surface area (Å²) in [6, 6.07) is 9.24. The van der Waals surface area contributed by atoms with Crippen molar-refractivity contribution in [1.29, 1.82) is 0 Å². The summed E-state index contributed by atoms with van der Waals surface area (Å²) >= 11 is 0. The topological polar surface area (TPSA) is 52.5 Å². The molecule has 0 spiro atoms. The van der Waals surface area contributed by atoms with E-state index < -0.39 is 0 Å². The Hall–Kier alpha value is -2.43. The molecule has 1 aromatic carbocycles. The second-order valence-corrected chi connectivity index (χ2v) is 4.95. The zero-order valence-electron chi connectivity index (χ0n) is 12.0. The number of nitrogens with one attached hydrogen (secondary N) is 1. The van der Waals surface area contributed by atoms with Crippen molar-refractivity contribution in [2.24, 2.45) is 0 Å². The molecule has 0 amide bonds. The number of rotatable bonds is 5. The van der Waals surface area contributed by atoms with Crippen molar-refractivity contribution in [3.8, 4) is 11.5 Å². The van der Waals surface area contributed by atoms with Gasteiger partial charge in [-0.1, -0.05) is 19.1 Å². The Morgan fingerprint density at radius 3 is 3.00 bits per heavy atom. The fourth-order valence-corrected chi connectivity index (χ4v) is 2.38. The second-order valence-electron chi connectivity index (χ2n) is 4.95. The number of aryl methyl sites for hydroxylation is 1. The lowest BCUT2D eigenvalue weighted by Gasteiger charge is -2.11. The molecular formula is C16H18N2O3. The molecule has 0 bridgehead atoms. The lowest BCUT2D eigenvalue weighted by Crippen LogP contribution is -2.18. The molecule has 2 heterocycles. The molecule has 1 aromatic heterocycles. The normalized spacial score (nSPS) is 12.4. The smallest absolute Gasteiger partial charge is 0.250 e. The van der Waals surface area contributed by atoms with Crippen LogP contribution in [0.5, 0.6) is 11.5 Å². The summed E-state index contributed by atoms with van der Waals surface area (Å²) in [7, 11) is 0. The van der Waals surface area contributed by atoms with E-state index in [0.717, 1.165) is 35.7 Å². The van der Waals surface area contributed by atoms with Crippen LogP contribution in [-0.2, 0) is 13.1 Å². The molecule has 0 radical (unpaired) electrons. The van der Waals surface area contributed by atoms with E-state index in [4.69, 9.17) is 9.47 Å². The summed E-state index contributed by atoms with van der Waals surface area (Å²) < 4.78 is 12.6. The van der Waals surface area contributed by atoms with Crippen molar-refractivity contribution < 1.29 is 9.47 Å². The maximum atomic E-state index is 11.7. The van der Waals surface area contributed by atoms with E-state index in [-0.39, 0.29) is 12.4 Å². The number of anilines is 1. The molecule has 2 aromatic rings. The van der Waals surface area contributed by atoms with Crippen LogP contribution in [0.4, 0.5) is 5.69 Å². The second kappa shape index (κ2) is 5.91. The Kier molecular flexibility index (Phi) is 3.81. The van der Waals surface area contributed by atoms with Crippen LogP contribution >= 0.6 is 0 Å². The minimum absolute atomic E-state index is 0.0275. The van der Waals surface area contributed by atoms with E-state index in [1.807, 2.05) is 24.4 Å². The summed E-state index contributed by atoms with van der Waals surface area (Å²) in [5.41, 5.74) is 1.98. The third kappa shape index (κ3) is 2.86. The van der Waals surface area contributed by atoms with Crippen LogP contribution in [0.15, 0.2) is 41.3 Å². The first kappa shape index (κ1) is 13.5. The first-order chi connectivity index (χ1) is 10.3. The standard InChI is InChI=1S/C16H18N2O3/c1-2-8-18-10-13(6-7-15(18)19)17-9-12-4-3-5-14-16(12)21-11-20-14/h3-7,10,17H,2,8-9,11H2,1H3. The number of pyridine rings is 1. The highest BCUT2D eigenvalue weighted by Crippen LogP contribution is 2.35. The number of hydrogen-bond acceptors (Lipinski definition) is 4. The molecule has 0 saturated carbocycles. The van der Waals surface area contributed by atoms with Crippen molar-refractivity contribution in [1.82, 2.24) is 4.57 Å². The SMILES string of the molecule is CCCn1cc(NCc2cccc3c2OCO3)ccc1=O. The van der Waals surface area contributed by atoms with E-state index in [1.165, 1.54) is 0 Å². The molecule has 1 N–H and O–H groups in total. The molecule has 0 fully saturated rings. The van der Waals surface area contributed by atoms with Gasteiger partial charge in [-0.15, -0.1) is 0 Å². The Balaban J connectivity index is 1.75. The molecule has 5 heteroatoms. The molecule has 1 aliphatic heterocycles. The summed E-state index contributed by atoms with van der Waals surface area (Å²) in [6.07, 6.45) is 2.78. The van der Waals surface area contributed by atoms with Gasteiger partial charge >= 0.3 is 0 Å². The number of aromatic nitrogens is 1. The lowest BCUT2D eigenvalue weighted by molar-refractivity contribution is 0.173. The zero-order chi connectivity index (χ0) is 14.7.